The summed E-state index contributed by atoms with van der Waals surface area (Å²) < 4.78 is 10.7. The van der Waals surface area contributed by atoms with E-state index in [9.17, 15) is 4.79 Å². The first kappa shape index (κ1) is 16.7. The molecule has 1 aromatic rings. The van der Waals surface area contributed by atoms with Gasteiger partial charge in [-0.1, -0.05) is 18.6 Å². The third kappa shape index (κ3) is 4.65. The fraction of sp³-hybridized carbons (Fsp3) is 0.611. The van der Waals surface area contributed by atoms with E-state index >= 15 is 0 Å². The van der Waals surface area contributed by atoms with Gasteiger partial charge >= 0.3 is 6.09 Å². The average molecular weight is 305 g/mol. The van der Waals surface area contributed by atoms with Gasteiger partial charge in [-0.25, -0.2) is 4.79 Å². The number of rotatable bonds is 2. The highest BCUT2D eigenvalue weighted by molar-refractivity contribution is 5.68. The van der Waals surface area contributed by atoms with Crippen LogP contribution in [0.4, 0.5) is 4.79 Å². The molecule has 0 aromatic heterocycles. The van der Waals surface area contributed by atoms with Gasteiger partial charge in [-0.05, 0) is 51.3 Å². The second-order valence-corrected chi connectivity index (χ2v) is 6.89. The third-order valence-corrected chi connectivity index (χ3v) is 3.91. The number of nitrogens with zero attached hydrogens (tertiary/aromatic N) is 1. The Kier molecular flexibility index (Phi) is 5.33. The van der Waals surface area contributed by atoms with E-state index < -0.39 is 5.60 Å². The molecule has 0 spiro atoms. The maximum absolute atomic E-state index is 12.3. The van der Waals surface area contributed by atoms with Crippen molar-refractivity contribution in [1.29, 1.82) is 0 Å². The monoisotopic (exact) mass is 305 g/mol. The molecule has 0 N–H and O–H groups in total. The van der Waals surface area contributed by atoms with Gasteiger partial charge in [-0.2, -0.15) is 0 Å². The van der Waals surface area contributed by atoms with Gasteiger partial charge < -0.3 is 14.4 Å². The molecule has 1 aromatic carbocycles. The first-order valence-corrected chi connectivity index (χ1v) is 8.01. The van der Waals surface area contributed by atoms with Gasteiger partial charge in [0.25, 0.3) is 0 Å². The molecule has 0 bridgehead atoms. The van der Waals surface area contributed by atoms with Gasteiger partial charge in [0.05, 0.1) is 7.11 Å². The maximum Gasteiger partial charge on any atom is 0.410 e. The van der Waals surface area contributed by atoms with Crippen molar-refractivity contribution >= 4 is 6.09 Å². The minimum absolute atomic E-state index is 0.201. The standard InChI is InChI=1S/C18H27NO3/c1-18(2,3)22-17(20)19-12-6-5-7-15(13-19)14-8-10-16(21-4)11-9-14/h8-11,15H,5-7,12-13H2,1-4H3. The van der Waals surface area contributed by atoms with Gasteiger partial charge in [-0.15, -0.1) is 0 Å². The Morgan fingerprint density at radius 2 is 1.86 bits per heavy atom. The van der Waals surface area contributed by atoms with Crippen molar-refractivity contribution in [3.8, 4) is 5.75 Å². The predicted molar refractivity (Wildman–Crippen MR) is 87.4 cm³/mol. The molecule has 4 nitrogen and oxygen atoms in total. The number of benzene rings is 1. The first-order chi connectivity index (χ1) is 10.4. The predicted octanol–water partition coefficient (Wildman–Crippen LogP) is 4.20. The molecule has 1 heterocycles. The second kappa shape index (κ2) is 7.03. The smallest absolute Gasteiger partial charge is 0.410 e. The van der Waals surface area contributed by atoms with Crippen LogP contribution in [0.2, 0.25) is 0 Å². The van der Waals surface area contributed by atoms with E-state index in [1.807, 2.05) is 37.8 Å². The highest BCUT2D eigenvalue weighted by Crippen LogP contribution is 2.28. The van der Waals surface area contributed by atoms with Crippen molar-refractivity contribution < 1.29 is 14.3 Å². The molecule has 1 aliphatic heterocycles. The number of hydrogen-bond acceptors (Lipinski definition) is 3. The summed E-state index contributed by atoms with van der Waals surface area (Å²) in [6.07, 6.45) is 3.07. The molecule has 1 amide bonds. The number of amides is 1. The number of hydrogen-bond donors (Lipinski definition) is 0. The summed E-state index contributed by atoms with van der Waals surface area (Å²) in [4.78, 5) is 14.2. The van der Waals surface area contributed by atoms with Crippen molar-refractivity contribution in [2.24, 2.45) is 0 Å². The quantitative estimate of drug-likeness (QED) is 0.822. The number of carbonyl (C=O) groups is 1. The van der Waals surface area contributed by atoms with Crippen LogP contribution < -0.4 is 4.74 Å². The molecule has 0 radical (unpaired) electrons. The van der Waals surface area contributed by atoms with E-state index in [2.05, 4.69) is 12.1 Å². The minimum Gasteiger partial charge on any atom is -0.497 e. The Morgan fingerprint density at radius 3 is 2.45 bits per heavy atom. The summed E-state index contributed by atoms with van der Waals surface area (Å²) in [6, 6.07) is 8.17. The minimum atomic E-state index is -0.445. The molecule has 2 rings (SSSR count). The van der Waals surface area contributed by atoms with Gasteiger partial charge in [0, 0.05) is 19.0 Å². The zero-order chi connectivity index (χ0) is 16.2. The highest BCUT2D eigenvalue weighted by atomic mass is 16.6. The van der Waals surface area contributed by atoms with Crippen LogP contribution in [0.1, 0.15) is 51.5 Å². The van der Waals surface area contributed by atoms with Crippen LogP contribution in [0.25, 0.3) is 0 Å². The van der Waals surface area contributed by atoms with Crippen molar-refractivity contribution in [3.05, 3.63) is 29.8 Å². The van der Waals surface area contributed by atoms with E-state index in [0.717, 1.165) is 38.1 Å². The lowest BCUT2D eigenvalue weighted by atomic mass is 9.94. The summed E-state index contributed by atoms with van der Waals surface area (Å²) >= 11 is 0. The largest absolute Gasteiger partial charge is 0.497 e. The number of methoxy groups -OCH3 is 1. The van der Waals surface area contributed by atoms with E-state index in [-0.39, 0.29) is 6.09 Å². The molecular weight excluding hydrogens is 278 g/mol. The molecule has 122 valence electrons. The lowest BCUT2D eigenvalue weighted by Crippen LogP contribution is -2.38. The van der Waals surface area contributed by atoms with Crippen LogP contribution in [0, 0.1) is 0 Å². The highest BCUT2D eigenvalue weighted by Gasteiger charge is 2.27. The summed E-state index contributed by atoms with van der Waals surface area (Å²) in [5.74, 6) is 1.22. The van der Waals surface area contributed by atoms with E-state index in [1.165, 1.54) is 5.56 Å². The number of carbonyl (C=O) groups excluding carboxylic acids is 1. The Hall–Kier alpha value is -1.71. The molecule has 1 atom stereocenters. The molecular formula is C18H27NO3. The average Bonchev–Trinajstić information content (AvgIpc) is 2.71. The summed E-state index contributed by atoms with van der Waals surface area (Å²) in [5.41, 5.74) is 0.815. The maximum atomic E-state index is 12.3. The zero-order valence-corrected chi connectivity index (χ0v) is 14.1. The van der Waals surface area contributed by atoms with Crippen LogP contribution in [-0.2, 0) is 4.74 Å². The zero-order valence-electron chi connectivity index (χ0n) is 14.1. The van der Waals surface area contributed by atoms with Crippen LogP contribution in [-0.4, -0.2) is 36.8 Å². The van der Waals surface area contributed by atoms with Gasteiger partial charge in [0.15, 0.2) is 0 Å². The first-order valence-electron chi connectivity index (χ1n) is 8.01. The lowest BCUT2D eigenvalue weighted by molar-refractivity contribution is 0.0249. The molecule has 22 heavy (non-hydrogen) atoms. The van der Waals surface area contributed by atoms with E-state index in [0.29, 0.717) is 5.92 Å². The fourth-order valence-corrected chi connectivity index (χ4v) is 2.78. The van der Waals surface area contributed by atoms with E-state index in [4.69, 9.17) is 9.47 Å². The molecule has 1 saturated heterocycles. The lowest BCUT2D eigenvalue weighted by Gasteiger charge is -2.28. The Balaban J connectivity index is 2.07. The van der Waals surface area contributed by atoms with Gasteiger partial charge in [0.2, 0.25) is 0 Å². The van der Waals surface area contributed by atoms with Crippen molar-refractivity contribution in [1.82, 2.24) is 4.90 Å². The molecule has 4 heteroatoms. The Labute approximate surface area is 133 Å². The Morgan fingerprint density at radius 1 is 1.18 bits per heavy atom. The van der Waals surface area contributed by atoms with Crippen LogP contribution in [0.15, 0.2) is 24.3 Å². The molecule has 1 fully saturated rings. The van der Waals surface area contributed by atoms with Crippen molar-refractivity contribution in [2.45, 2.75) is 51.6 Å². The number of likely N-dealkylation sites (tertiary alicyclic amines) is 1. The van der Waals surface area contributed by atoms with Crippen LogP contribution in [0.5, 0.6) is 5.75 Å². The SMILES string of the molecule is COc1ccc(C2CCCCN(C(=O)OC(C)(C)C)C2)cc1. The topological polar surface area (TPSA) is 38.8 Å². The molecule has 0 aliphatic carbocycles. The van der Waals surface area contributed by atoms with E-state index in [1.54, 1.807) is 7.11 Å². The molecule has 1 aliphatic rings. The van der Waals surface area contributed by atoms with Crippen LogP contribution in [0.3, 0.4) is 0 Å². The normalized spacial score (nSPS) is 19.5. The van der Waals surface area contributed by atoms with Crippen molar-refractivity contribution in [3.63, 3.8) is 0 Å². The fourth-order valence-electron chi connectivity index (χ4n) is 2.78. The van der Waals surface area contributed by atoms with Crippen LogP contribution >= 0.6 is 0 Å². The summed E-state index contributed by atoms with van der Waals surface area (Å²) in [7, 11) is 1.67. The summed E-state index contributed by atoms with van der Waals surface area (Å²) in [5, 5.41) is 0. The molecule has 1 unspecified atom stereocenters. The molecule has 0 saturated carbocycles. The van der Waals surface area contributed by atoms with Crippen molar-refractivity contribution in [2.75, 3.05) is 20.2 Å². The van der Waals surface area contributed by atoms with Gasteiger partial charge in [-0.3, -0.25) is 0 Å². The second-order valence-electron chi connectivity index (χ2n) is 6.89. The summed E-state index contributed by atoms with van der Waals surface area (Å²) in [6.45, 7) is 7.22. The van der Waals surface area contributed by atoms with Gasteiger partial charge in [0.1, 0.15) is 11.4 Å². The Bertz CT molecular complexity index is 490. The number of ether oxygens (including phenoxy) is 2. The third-order valence-electron chi connectivity index (χ3n) is 3.91.